The maximum atomic E-state index is 12.7. The van der Waals surface area contributed by atoms with Gasteiger partial charge >= 0.3 is 0 Å². The van der Waals surface area contributed by atoms with E-state index in [0.717, 1.165) is 5.56 Å². The van der Waals surface area contributed by atoms with Crippen molar-refractivity contribution in [3.05, 3.63) is 82.0 Å². The molecule has 0 radical (unpaired) electrons. The van der Waals surface area contributed by atoms with Crippen molar-refractivity contribution in [2.24, 2.45) is 10.1 Å². The molecule has 1 N–H and O–H groups in total. The second-order valence-corrected chi connectivity index (χ2v) is 7.13. The summed E-state index contributed by atoms with van der Waals surface area (Å²) in [6, 6.07) is 10.4. The van der Waals surface area contributed by atoms with Gasteiger partial charge in [0.25, 0.3) is 5.91 Å². The highest BCUT2D eigenvalue weighted by Gasteiger charge is 2.36. The molecule has 1 aromatic carbocycles. The third-order valence-electron chi connectivity index (χ3n) is 4.39. The number of amidine groups is 2. The number of carbonyl (C=O) groups excluding carboxylic acids is 1. The number of fused-ring (bicyclic) bond motifs is 2. The molecule has 0 atom stereocenters. The number of aliphatic imine (C=N–C) groups is 1. The van der Waals surface area contributed by atoms with E-state index >= 15 is 0 Å². The Balaban J connectivity index is 1.56. The van der Waals surface area contributed by atoms with E-state index in [-0.39, 0.29) is 22.4 Å². The van der Waals surface area contributed by atoms with Crippen LogP contribution in [-0.2, 0) is 4.79 Å². The highest BCUT2D eigenvalue weighted by molar-refractivity contribution is 8.27. The molecule has 8 nitrogen and oxygen atoms in total. The van der Waals surface area contributed by atoms with Gasteiger partial charge < -0.3 is 4.42 Å². The third kappa shape index (κ3) is 2.88. The summed E-state index contributed by atoms with van der Waals surface area (Å²) in [7, 11) is 0. The number of carbonyl (C=O) groups is 1. The molecule has 2 aliphatic rings. The lowest BCUT2D eigenvalue weighted by atomic mass is 10.1. The average molecular weight is 401 g/mol. The van der Waals surface area contributed by atoms with E-state index in [0.29, 0.717) is 21.2 Å². The molecule has 2 aliphatic heterocycles. The van der Waals surface area contributed by atoms with Gasteiger partial charge in [0.1, 0.15) is 16.9 Å². The second kappa shape index (κ2) is 6.64. The fourth-order valence-corrected chi connectivity index (χ4v) is 3.85. The predicted octanol–water partition coefficient (Wildman–Crippen LogP) is 2.86. The summed E-state index contributed by atoms with van der Waals surface area (Å²) in [4.78, 5) is 33.3. The van der Waals surface area contributed by atoms with Crippen LogP contribution in [0.2, 0.25) is 0 Å². The van der Waals surface area contributed by atoms with Crippen LogP contribution >= 0.6 is 11.8 Å². The number of amides is 1. The molecule has 140 valence electrons. The van der Waals surface area contributed by atoms with E-state index in [1.54, 1.807) is 48.8 Å². The number of hydrogen-bond acceptors (Lipinski definition) is 7. The van der Waals surface area contributed by atoms with Crippen LogP contribution in [0, 0.1) is 5.41 Å². The minimum absolute atomic E-state index is 0.0309. The molecule has 0 bridgehead atoms. The molecular weight excluding hydrogens is 390 g/mol. The smallest absolute Gasteiger partial charge is 0.283 e. The van der Waals surface area contributed by atoms with Crippen molar-refractivity contribution in [1.29, 1.82) is 5.41 Å². The third-order valence-corrected chi connectivity index (χ3v) is 5.35. The van der Waals surface area contributed by atoms with Gasteiger partial charge in [-0.3, -0.25) is 20.0 Å². The van der Waals surface area contributed by atoms with Gasteiger partial charge in [0.05, 0.1) is 16.5 Å². The second-order valence-electron chi connectivity index (χ2n) is 6.18. The summed E-state index contributed by atoms with van der Waals surface area (Å²) in [5.41, 5.74) is 1.11. The van der Waals surface area contributed by atoms with E-state index in [1.807, 2.05) is 0 Å². The monoisotopic (exact) mass is 401 g/mol. The number of hydrazone groups is 1. The zero-order chi connectivity index (χ0) is 20.0. The summed E-state index contributed by atoms with van der Waals surface area (Å²) >= 11 is 1.20. The Morgan fingerprint density at radius 3 is 2.72 bits per heavy atom. The highest BCUT2D eigenvalue weighted by atomic mass is 32.2. The number of rotatable bonds is 2. The zero-order valence-corrected chi connectivity index (χ0v) is 15.5. The number of thioether (sulfide) groups is 1. The van der Waals surface area contributed by atoms with Crippen molar-refractivity contribution in [3.63, 3.8) is 0 Å². The van der Waals surface area contributed by atoms with Crippen molar-refractivity contribution >= 4 is 50.8 Å². The van der Waals surface area contributed by atoms with Crippen LogP contribution in [-0.4, -0.2) is 31.9 Å². The molecule has 0 fully saturated rings. The van der Waals surface area contributed by atoms with Crippen LogP contribution in [0.4, 0.5) is 0 Å². The molecular formula is C20H11N5O3S. The molecule has 1 amide bonds. The summed E-state index contributed by atoms with van der Waals surface area (Å²) in [6.07, 6.45) is 5.88. The van der Waals surface area contributed by atoms with E-state index in [9.17, 15) is 9.59 Å². The molecule has 4 heterocycles. The normalized spacial score (nSPS) is 17.5. The minimum Gasteiger partial charge on any atom is -0.463 e. The first kappa shape index (κ1) is 17.3. The maximum Gasteiger partial charge on any atom is 0.283 e. The quantitative estimate of drug-likeness (QED) is 0.661. The van der Waals surface area contributed by atoms with Crippen LogP contribution < -0.4 is 5.43 Å². The Morgan fingerprint density at radius 1 is 1.10 bits per heavy atom. The first-order valence-electron chi connectivity index (χ1n) is 8.53. The van der Waals surface area contributed by atoms with E-state index in [4.69, 9.17) is 9.83 Å². The predicted molar refractivity (Wildman–Crippen MR) is 111 cm³/mol. The maximum absolute atomic E-state index is 12.7. The van der Waals surface area contributed by atoms with E-state index < -0.39 is 5.91 Å². The van der Waals surface area contributed by atoms with Crippen molar-refractivity contribution < 1.29 is 9.21 Å². The van der Waals surface area contributed by atoms with Gasteiger partial charge in [-0.25, -0.2) is 0 Å². The van der Waals surface area contributed by atoms with Crippen LogP contribution in [0.3, 0.4) is 0 Å². The fraction of sp³-hybridized carbons (Fsp3) is 0. The van der Waals surface area contributed by atoms with Gasteiger partial charge in [0.2, 0.25) is 5.17 Å². The summed E-state index contributed by atoms with van der Waals surface area (Å²) in [6.45, 7) is 0. The Kier molecular flexibility index (Phi) is 3.95. The topological polar surface area (TPSA) is 112 Å². The Hall–Kier alpha value is -3.85. The first-order valence-corrected chi connectivity index (χ1v) is 9.34. The lowest BCUT2D eigenvalue weighted by Crippen LogP contribution is -2.35. The number of nitrogens with zero attached hydrogens (tertiary/aromatic N) is 4. The number of nitrogens with one attached hydrogen (secondary N) is 1. The lowest BCUT2D eigenvalue weighted by Gasteiger charge is -2.20. The van der Waals surface area contributed by atoms with E-state index in [2.05, 4.69) is 15.1 Å². The molecule has 0 saturated carbocycles. The van der Waals surface area contributed by atoms with Gasteiger partial charge in [-0.2, -0.15) is 15.1 Å². The number of aromatic nitrogens is 1. The SMILES string of the molecule is N=C1/C(=C\c2coc3ccccc3c2=O)C(=O)N=C2SC(c3ccncc3)=NN12. The molecule has 5 rings (SSSR count). The van der Waals surface area contributed by atoms with Crippen LogP contribution in [0.5, 0.6) is 0 Å². The number of para-hydroxylation sites is 1. The van der Waals surface area contributed by atoms with Crippen molar-refractivity contribution in [3.8, 4) is 0 Å². The molecule has 0 spiro atoms. The zero-order valence-electron chi connectivity index (χ0n) is 14.7. The van der Waals surface area contributed by atoms with Gasteiger partial charge in [-0.05, 0) is 42.1 Å². The first-order chi connectivity index (χ1) is 14.1. The largest absolute Gasteiger partial charge is 0.463 e. The lowest BCUT2D eigenvalue weighted by molar-refractivity contribution is -0.114. The van der Waals surface area contributed by atoms with Gasteiger partial charge in [-0.15, -0.1) is 0 Å². The molecule has 2 aromatic heterocycles. The fourth-order valence-electron chi connectivity index (χ4n) is 2.95. The van der Waals surface area contributed by atoms with Crippen LogP contribution in [0.1, 0.15) is 11.1 Å². The van der Waals surface area contributed by atoms with Crippen LogP contribution in [0.15, 0.2) is 79.9 Å². The highest BCUT2D eigenvalue weighted by Crippen LogP contribution is 2.30. The number of hydrogen-bond donors (Lipinski definition) is 1. The molecule has 0 unspecified atom stereocenters. The standard InChI is InChI=1S/C20H11N5O3S/c21-17-14(9-12-10-28-15-4-2-1-3-13(15)16(12)26)18(27)23-20-25(17)24-19(29-20)11-5-7-22-8-6-11/h1-10,21H/b14-9+,21-17?. The average Bonchev–Trinajstić information content (AvgIpc) is 3.17. The molecule has 9 heteroatoms. The van der Waals surface area contributed by atoms with Crippen LogP contribution in [0.25, 0.3) is 17.0 Å². The number of pyridine rings is 1. The van der Waals surface area contributed by atoms with E-state index in [1.165, 1.54) is 29.1 Å². The summed E-state index contributed by atoms with van der Waals surface area (Å²) in [5, 5.41) is 15.4. The van der Waals surface area contributed by atoms with Crippen molar-refractivity contribution in [2.75, 3.05) is 0 Å². The summed E-state index contributed by atoms with van der Waals surface area (Å²) in [5.74, 6) is -0.753. The Bertz CT molecular complexity index is 1340. The number of benzene rings is 1. The Morgan fingerprint density at radius 2 is 1.90 bits per heavy atom. The Labute approximate surface area is 167 Å². The van der Waals surface area contributed by atoms with Gasteiger partial charge in [0, 0.05) is 18.0 Å². The molecule has 0 saturated heterocycles. The van der Waals surface area contributed by atoms with Gasteiger partial charge in [-0.1, -0.05) is 12.1 Å². The van der Waals surface area contributed by atoms with Crippen molar-refractivity contribution in [1.82, 2.24) is 9.99 Å². The summed E-state index contributed by atoms with van der Waals surface area (Å²) < 4.78 is 5.48. The molecule has 29 heavy (non-hydrogen) atoms. The molecule has 3 aromatic rings. The van der Waals surface area contributed by atoms with Gasteiger partial charge in [0.15, 0.2) is 11.3 Å². The van der Waals surface area contributed by atoms with Crippen molar-refractivity contribution in [2.45, 2.75) is 0 Å². The molecule has 0 aliphatic carbocycles. The minimum atomic E-state index is -0.604.